The van der Waals surface area contributed by atoms with E-state index in [9.17, 15) is 4.79 Å². The van der Waals surface area contributed by atoms with Crippen molar-refractivity contribution < 1.29 is 14.3 Å². The lowest BCUT2D eigenvalue weighted by atomic mass is 10.0. The van der Waals surface area contributed by atoms with Gasteiger partial charge in [-0.1, -0.05) is 42.5 Å². The van der Waals surface area contributed by atoms with E-state index in [2.05, 4.69) is 5.32 Å². The van der Waals surface area contributed by atoms with Crippen LogP contribution in [0.2, 0.25) is 0 Å². The van der Waals surface area contributed by atoms with Crippen LogP contribution in [0.1, 0.15) is 15.9 Å². The summed E-state index contributed by atoms with van der Waals surface area (Å²) in [4.78, 5) is 17.8. The maximum atomic E-state index is 13.1. The number of para-hydroxylation sites is 1. The molecule has 0 spiro atoms. The molecule has 1 heterocycles. The van der Waals surface area contributed by atoms with E-state index >= 15 is 0 Å². The van der Waals surface area contributed by atoms with Gasteiger partial charge in [-0.05, 0) is 48.4 Å². The van der Waals surface area contributed by atoms with E-state index in [0.717, 1.165) is 45.6 Å². The second kappa shape index (κ2) is 9.30. The van der Waals surface area contributed by atoms with E-state index in [1.165, 1.54) is 0 Å². The Bertz CT molecular complexity index is 1200. The molecule has 156 valence electrons. The maximum Gasteiger partial charge on any atom is 0.252 e. The Labute approximate surface area is 181 Å². The number of carbonyl (C=O) groups excluding carboxylic acids is 1. The van der Waals surface area contributed by atoms with Gasteiger partial charge < -0.3 is 14.8 Å². The van der Waals surface area contributed by atoms with Crippen LogP contribution in [0.3, 0.4) is 0 Å². The Balaban J connectivity index is 1.58. The zero-order valence-electron chi connectivity index (χ0n) is 17.6. The molecule has 0 aliphatic heterocycles. The van der Waals surface area contributed by atoms with Gasteiger partial charge in [0.05, 0.1) is 31.0 Å². The highest BCUT2D eigenvalue weighted by molar-refractivity contribution is 6.07. The topological polar surface area (TPSA) is 60.5 Å². The first-order chi connectivity index (χ1) is 15.2. The van der Waals surface area contributed by atoms with Gasteiger partial charge in [-0.15, -0.1) is 0 Å². The van der Waals surface area contributed by atoms with Crippen LogP contribution in [0.4, 0.5) is 0 Å². The van der Waals surface area contributed by atoms with Gasteiger partial charge in [0.1, 0.15) is 11.5 Å². The number of benzene rings is 3. The average Bonchev–Trinajstić information content (AvgIpc) is 2.83. The van der Waals surface area contributed by atoms with Gasteiger partial charge >= 0.3 is 0 Å². The number of nitrogens with zero attached hydrogens (tertiary/aromatic N) is 1. The average molecular weight is 412 g/mol. The molecule has 0 unspecified atom stereocenters. The Morgan fingerprint density at radius 2 is 1.65 bits per heavy atom. The number of fused-ring (bicyclic) bond motifs is 1. The number of pyridine rings is 1. The van der Waals surface area contributed by atoms with Crippen molar-refractivity contribution in [3.63, 3.8) is 0 Å². The lowest BCUT2D eigenvalue weighted by Gasteiger charge is -2.11. The third-order valence-corrected chi connectivity index (χ3v) is 5.18. The molecule has 0 bridgehead atoms. The number of carbonyl (C=O) groups is 1. The summed E-state index contributed by atoms with van der Waals surface area (Å²) in [6.45, 7) is 0.538. The van der Waals surface area contributed by atoms with Crippen molar-refractivity contribution in [2.45, 2.75) is 6.42 Å². The van der Waals surface area contributed by atoms with Crippen LogP contribution in [0.15, 0.2) is 78.9 Å². The van der Waals surface area contributed by atoms with E-state index in [0.29, 0.717) is 12.1 Å². The van der Waals surface area contributed by atoms with Crippen molar-refractivity contribution in [2.24, 2.45) is 0 Å². The lowest BCUT2D eigenvalue weighted by Crippen LogP contribution is -2.26. The minimum Gasteiger partial charge on any atom is -0.497 e. The molecule has 0 aliphatic carbocycles. The smallest absolute Gasteiger partial charge is 0.252 e. The molecule has 0 fully saturated rings. The minimum atomic E-state index is -0.115. The van der Waals surface area contributed by atoms with Crippen LogP contribution in [0.5, 0.6) is 11.5 Å². The first-order valence-corrected chi connectivity index (χ1v) is 10.1. The molecule has 1 amide bonds. The van der Waals surface area contributed by atoms with Crippen molar-refractivity contribution in [1.82, 2.24) is 10.3 Å². The minimum absolute atomic E-state index is 0.115. The van der Waals surface area contributed by atoms with Crippen molar-refractivity contribution in [2.75, 3.05) is 20.8 Å². The van der Waals surface area contributed by atoms with Crippen LogP contribution in [-0.2, 0) is 6.42 Å². The Hall–Kier alpha value is -3.86. The van der Waals surface area contributed by atoms with Crippen LogP contribution < -0.4 is 14.8 Å². The van der Waals surface area contributed by atoms with E-state index < -0.39 is 0 Å². The van der Waals surface area contributed by atoms with Gasteiger partial charge in [0.2, 0.25) is 0 Å². The molecule has 5 heteroatoms. The highest BCUT2D eigenvalue weighted by Crippen LogP contribution is 2.27. The number of methoxy groups -OCH3 is 2. The summed E-state index contributed by atoms with van der Waals surface area (Å²) in [5, 5.41) is 3.88. The Morgan fingerprint density at radius 1 is 0.871 bits per heavy atom. The predicted octanol–water partition coefficient (Wildman–Crippen LogP) is 4.89. The third kappa shape index (κ3) is 4.67. The first-order valence-electron chi connectivity index (χ1n) is 10.1. The first kappa shape index (κ1) is 20.4. The number of ether oxygens (including phenoxy) is 2. The molecule has 0 aliphatic rings. The van der Waals surface area contributed by atoms with E-state index in [1.807, 2.05) is 78.9 Å². The molecule has 0 saturated carbocycles. The summed E-state index contributed by atoms with van der Waals surface area (Å²) in [6, 6.07) is 25.1. The monoisotopic (exact) mass is 412 g/mol. The molecule has 5 nitrogen and oxygen atoms in total. The fraction of sp³-hybridized carbons (Fsp3) is 0.154. The number of hydrogen-bond donors (Lipinski definition) is 1. The fourth-order valence-corrected chi connectivity index (χ4v) is 3.50. The van der Waals surface area contributed by atoms with Crippen molar-refractivity contribution in [3.8, 4) is 22.8 Å². The molecule has 0 saturated heterocycles. The molecule has 4 aromatic rings. The van der Waals surface area contributed by atoms with Gasteiger partial charge in [-0.3, -0.25) is 4.79 Å². The van der Waals surface area contributed by atoms with Crippen molar-refractivity contribution in [3.05, 3.63) is 90.0 Å². The lowest BCUT2D eigenvalue weighted by molar-refractivity contribution is 0.0955. The molecule has 0 atom stereocenters. The predicted molar refractivity (Wildman–Crippen MR) is 123 cm³/mol. The quantitative estimate of drug-likeness (QED) is 0.469. The zero-order chi connectivity index (χ0) is 21.6. The van der Waals surface area contributed by atoms with Gasteiger partial charge in [-0.2, -0.15) is 0 Å². The summed E-state index contributed by atoms with van der Waals surface area (Å²) in [7, 11) is 3.28. The fourth-order valence-electron chi connectivity index (χ4n) is 3.50. The second-order valence-corrected chi connectivity index (χ2v) is 7.16. The number of rotatable bonds is 7. The molecular formula is C26H24N2O3. The molecular weight excluding hydrogens is 388 g/mol. The summed E-state index contributed by atoms with van der Waals surface area (Å²) >= 11 is 0. The molecule has 4 rings (SSSR count). The molecule has 1 aromatic heterocycles. The van der Waals surface area contributed by atoms with Crippen LogP contribution in [-0.4, -0.2) is 31.7 Å². The maximum absolute atomic E-state index is 13.1. The SMILES string of the molecule is COc1ccc(CCNC(=O)c2cc(-c3cccc(OC)c3)nc3ccccc23)cc1. The van der Waals surface area contributed by atoms with E-state index in [-0.39, 0.29) is 5.91 Å². The van der Waals surface area contributed by atoms with Crippen LogP contribution in [0, 0.1) is 0 Å². The van der Waals surface area contributed by atoms with Crippen molar-refractivity contribution >= 4 is 16.8 Å². The number of aromatic nitrogens is 1. The Morgan fingerprint density at radius 3 is 2.42 bits per heavy atom. The van der Waals surface area contributed by atoms with Crippen molar-refractivity contribution in [1.29, 1.82) is 0 Å². The molecule has 1 N–H and O–H groups in total. The molecule has 31 heavy (non-hydrogen) atoms. The zero-order valence-corrected chi connectivity index (χ0v) is 17.6. The van der Waals surface area contributed by atoms with Crippen LogP contribution >= 0.6 is 0 Å². The standard InChI is InChI=1S/C26H24N2O3/c1-30-20-12-10-18(11-13-20)14-15-27-26(29)23-17-25(19-6-5-7-21(16-19)31-2)28-24-9-4-3-8-22(23)24/h3-13,16-17H,14-15H2,1-2H3,(H,27,29). The van der Waals surface area contributed by atoms with Gasteiger partial charge in [0, 0.05) is 17.5 Å². The summed E-state index contributed by atoms with van der Waals surface area (Å²) in [6.07, 6.45) is 0.738. The van der Waals surface area contributed by atoms with Gasteiger partial charge in [0.25, 0.3) is 5.91 Å². The highest BCUT2D eigenvalue weighted by atomic mass is 16.5. The molecule has 0 radical (unpaired) electrons. The summed E-state index contributed by atoms with van der Waals surface area (Å²) in [5.41, 5.74) is 4.16. The number of nitrogens with one attached hydrogen (secondary N) is 1. The molecule has 3 aromatic carbocycles. The normalized spacial score (nSPS) is 10.6. The summed E-state index contributed by atoms with van der Waals surface area (Å²) < 4.78 is 10.5. The highest BCUT2D eigenvalue weighted by Gasteiger charge is 2.14. The number of amides is 1. The number of hydrogen-bond acceptors (Lipinski definition) is 4. The second-order valence-electron chi connectivity index (χ2n) is 7.16. The largest absolute Gasteiger partial charge is 0.497 e. The van der Waals surface area contributed by atoms with E-state index in [1.54, 1.807) is 14.2 Å². The van der Waals surface area contributed by atoms with Gasteiger partial charge in [-0.25, -0.2) is 4.98 Å². The Kier molecular flexibility index (Phi) is 6.13. The van der Waals surface area contributed by atoms with Crippen LogP contribution in [0.25, 0.3) is 22.2 Å². The third-order valence-electron chi connectivity index (χ3n) is 5.18. The van der Waals surface area contributed by atoms with Gasteiger partial charge in [0.15, 0.2) is 0 Å². The van der Waals surface area contributed by atoms with E-state index in [4.69, 9.17) is 14.5 Å². The summed E-state index contributed by atoms with van der Waals surface area (Å²) in [5.74, 6) is 1.45.